The molecular weight excluding hydrogens is 400 g/mol. The van der Waals surface area contributed by atoms with E-state index in [1.165, 1.54) is 18.2 Å². The zero-order chi connectivity index (χ0) is 14.0. The number of hydrogen-bond donors (Lipinski definition) is 1. The van der Waals surface area contributed by atoms with Crippen LogP contribution in [0.2, 0.25) is 5.02 Å². The van der Waals surface area contributed by atoms with Crippen LogP contribution in [-0.4, -0.2) is 5.91 Å². The van der Waals surface area contributed by atoms with Crippen molar-refractivity contribution in [1.82, 2.24) is 0 Å². The first-order valence-corrected chi connectivity index (χ1v) is 7.16. The molecule has 0 saturated heterocycles. The monoisotopic (exact) mass is 405 g/mol. The third-order valence-corrected chi connectivity index (χ3v) is 4.11. The second-order valence-electron chi connectivity index (χ2n) is 3.68. The number of benzene rings is 2. The highest BCUT2D eigenvalue weighted by atomic mass is 79.9. The van der Waals surface area contributed by atoms with Crippen molar-refractivity contribution in [3.63, 3.8) is 0 Å². The summed E-state index contributed by atoms with van der Waals surface area (Å²) in [6.07, 6.45) is 0. The third-order valence-electron chi connectivity index (χ3n) is 2.37. The van der Waals surface area contributed by atoms with Crippen LogP contribution in [0, 0.1) is 5.82 Å². The number of nitrogens with one attached hydrogen (secondary N) is 1. The summed E-state index contributed by atoms with van der Waals surface area (Å²) in [5.74, 6) is -0.910. The molecule has 1 N–H and O–H groups in total. The average Bonchev–Trinajstić information content (AvgIpc) is 2.37. The second kappa shape index (κ2) is 6.03. The van der Waals surface area contributed by atoms with Crippen LogP contribution in [0.5, 0.6) is 0 Å². The molecule has 2 aromatic rings. The topological polar surface area (TPSA) is 29.1 Å². The molecule has 0 spiro atoms. The molecular formula is C13H7Br2ClFNO. The lowest BCUT2D eigenvalue weighted by molar-refractivity contribution is 0.102. The molecule has 6 heteroatoms. The molecule has 2 rings (SSSR count). The van der Waals surface area contributed by atoms with Gasteiger partial charge in [-0.3, -0.25) is 4.79 Å². The average molecular weight is 407 g/mol. The van der Waals surface area contributed by atoms with E-state index in [-0.39, 0.29) is 10.0 Å². The van der Waals surface area contributed by atoms with Gasteiger partial charge in [0.2, 0.25) is 0 Å². The summed E-state index contributed by atoms with van der Waals surface area (Å²) in [4.78, 5) is 12.1. The Bertz CT molecular complexity index is 649. The van der Waals surface area contributed by atoms with Crippen molar-refractivity contribution in [3.05, 3.63) is 61.7 Å². The van der Waals surface area contributed by atoms with E-state index in [4.69, 9.17) is 11.6 Å². The first kappa shape index (κ1) is 14.5. The standard InChI is InChI=1S/C13H7Br2ClFNO/c14-9-5-4-7(16)6-11(9)18-13(19)8-2-1-3-10(17)12(8)15/h1-6H,(H,18,19). The van der Waals surface area contributed by atoms with Crippen LogP contribution >= 0.6 is 43.5 Å². The fraction of sp³-hybridized carbons (Fsp3) is 0. The molecule has 19 heavy (non-hydrogen) atoms. The lowest BCUT2D eigenvalue weighted by Crippen LogP contribution is -2.13. The van der Waals surface area contributed by atoms with Gasteiger partial charge in [-0.25, -0.2) is 4.39 Å². The summed E-state index contributed by atoms with van der Waals surface area (Å²) < 4.78 is 14.2. The van der Waals surface area contributed by atoms with Crippen molar-refractivity contribution in [2.75, 3.05) is 5.32 Å². The molecule has 0 aliphatic carbocycles. The molecule has 0 heterocycles. The van der Waals surface area contributed by atoms with Crippen molar-refractivity contribution >= 4 is 55.1 Å². The molecule has 2 nitrogen and oxygen atoms in total. The highest BCUT2D eigenvalue weighted by Gasteiger charge is 2.14. The fourth-order valence-corrected chi connectivity index (χ4v) is 2.42. The minimum Gasteiger partial charge on any atom is -0.321 e. The molecule has 0 fully saturated rings. The molecule has 1 amide bonds. The lowest BCUT2D eigenvalue weighted by Gasteiger charge is -2.09. The Kier molecular flexibility index (Phi) is 4.60. The van der Waals surface area contributed by atoms with E-state index < -0.39 is 11.7 Å². The van der Waals surface area contributed by atoms with E-state index in [0.717, 1.165) is 0 Å². The maximum Gasteiger partial charge on any atom is 0.256 e. The van der Waals surface area contributed by atoms with Crippen LogP contribution in [0.25, 0.3) is 0 Å². The van der Waals surface area contributed by atoms with Gasteiger partial charge in [-0.05, 0) is 62.2 Å². The van der Waals surface area contributed by atoms with Crippen LogP contribution in [0.3, 0.4) is 0 Å². The smallest absolute Gasteiger partial charge is 0.256 e. The normalized spacial score (nSPS) is 10.3. The molecule has 0 aliphatic rings. The first-order chi connectivity index (χ1) is 8.99. The minimum absolute atomic E-state index is 0.130. The SMILES string of the molecule is O=C(Nc1cc(Cl)ccc1Br)c1cccc(F)c1Br. The summed E-state index contributed by atoms with van der Waals surface area (Å²) >= 11 is 12.2. The molecule has 0 aliphatic heterocycles. The van der Waals surface area contributed by atoms with Crippen molar-refractivity contribution in [1.29, 1.82) is 0 Å². The van der Waals surface area contributed by atoms with Gasteiger partial charge in [-0.15, -0.1) is 0 Å². The number of hydrogen-bond acceptors (Lipinski definition) is 1. The molecule has 2 aromatic carbocycles. The van der Waals surface area contributed by atoms with Crippen molar-refractivity contribution in [2.45, 2.75) is 0 Å². The number of rotatable bonds is 2. The highest BCUT2D eigenvalue weighted by molar-refractivity contribution is 9.11. The van der Waals surface area contributed by atoms with E-state index in [1.807, 2.05) is 0 Å². The second-order valence-corrected chi connectivity index (χ2v) is 5.76. The van der Waals surface area contributed by atoms with Crippen LogP contribution in [0.1, 0.15) is 10.4 Å². The van der Waals surface area contributed by atoms with Gasteiger partial charge < -0.3 is 5.32 Å². The van der Waals surface area contributed by atoms with Gasteiger partial charge in [-0.1, -0.05) is 17.7 Å². The molecule has 0 radical (unpaired) electrons. The van der Waals surface area contributed by atoms with E-state index in [1.54, 1.807) is 18.2 Å². The Balaban J connectivity index is 2.31. The van der Waals surface area contributed by atoms with Crippen LogP contribution in [-0.2, 0) is 0 Å². The third kappa shape index (κ3) is 3.35. The molecule has 0 aromatic heterocycles. The molecule has 0 atom stereocenters. The van der Waals surface area contributed by atoms with Crippen molar-refractivity contribution in [3.8, 4) is 0 Å². The first-order valence-electron chi connectivity index (χ1n) is 5.19. The van der Waals surface area contributed by atoms with E-state index in [2.05, 4.69) is 37.2 Å². The van der Waals surface area contributed by atoms with Gasteiger partial charge in [0.1, 0.15) is 5.82 Å². The van der Waals surface area contributed by atoms with E-state index in [0.29, 0.717) is 15.2 Å². The molecule has 0 unspecified atom stereocenters. The van der Waals surface area contributed by atoms with Gasteiger partial charge in [0, 0.05) is 9.50 Å². The summed E-state index contributed by atoms with van der Waals surface area (Å²) in [5, 5.41) is 3.17. The predicted molar refractivity (Wildman–Crippen MR) is 81.2 cm³/mol. The van der Waals surface area contributed by atoms with Gasteiger partial charge in [0.15, 0.2) is 0 Å². The predicted octanol–water partition coefficient (Wildman–Crippen LogP) is 5.26. The van der Waals surface area contributed by atoms with Gasteiger partial charge >= 0.3 is 0 Å². The highest BCUT2D eigenvalue weighted by Crippen LogP contribution is 2.27. The van der Waals surface area contributed by atoms with Gasteiger partial charge in [0.05, 0.1) is 15.7 Å². The van der Waals surface area contributed by atoms with E-state index >= 15 is 0 Å². The van der Waals surface area contributed by atoms with Crippen molar-refractivity contribution in [2.24, 2.45) is 0 Å². The summed E-state index contributed by atoms with van der Waals surface area (Å²) in [6, 6.07) is 9.30. The zero-order valence-electron chi connectivity index (χ0n) is 9.38. The number of carbonyl (C=O) groups excluding carboxylic acids is 1. The Morgan fingerprint density at radius 2 is 1.95 bits per heavy atom. The quantitative estimate of drug-likeness (QED) is 0.723. The summed E-state index contributed by atoms with van der Waals surface area (Å²) in [6.45, 7) is 0. The Hall–Kier alpha value is -0.910. The number of amides is 1. The Morgan fingerprint density at radius 3 is 2.68 bits per heavy atom. The molecule has 0 saturated carbocycles. The number of halogens is 4. The minimum atomic E-state index is -0.488. The zero-order valence-corrected chi connectivity index (χ0v) is 13.3. The van der Waals surface area contributed by atoms with Gasteiger partial charge in [-0.2, -0.15) is 0 Å². The van der Waals surface area contributed by atoms with Crippen LogP contribution < -0.4 is 5.32 Å². The fourth-order valence-electron chi connectivity index (χ4n) is 1.46. The maximum atomic E-state index is 13.4. The maximum absolute atomic E-state index is 13.4. The lowest BCUT2D eigenvalue weighted by atomic mass is 10.2. The summed E-state index contributed by atoms with van der Waals surface area (Å²) in [7, 11) is 0. The Labute approximate surface area is 131 Å². The number of anilines is 1. The summed E-state index contributed by atoms with van der Waals surface area (Å²) in [5.41, 5.74) is 0.737. The van der Waals surface area contributed by atoms with E-state index in [9.17, 15) is 9.18 Å². The van der Waals surface area contributed by atoms with Crippen LogP contribution in [0.4, 0.5) is 10.1 Å². The largest absolute Gasteiger partial charge is 0.321 e. The molecule has 98 valence electrons. The molecule has 0 bridgehead atoms. The van der Waals surface area contributed by atoms with Gasteiger partial charge in [0.25, 0.3) is 5.91 Å². The Morgan fingerprint density at radius 1 is 1.21 bits per heavy atom. The number of carbonyl (C=O) groups is 1. The van der Waals surface area contributed by atoms with Crippen LogP contribution in [0.15, 0.2) is 45.3 Å². The van der Waals surface area contributed by atoms with Crippen molar-refractivity contribution < 1.29 is 9.18 Å².